The standard InChI is InChI=1S/C24H21FN2O2S/c1-3-6-16-10-12-17(13-11-16)27-23(18-7-4-8-19(25)22(18)28)26-15(2)21(24(27)29)20-9-5-14-30-20/h4-5,7-14,28H,3,6H2,1-2H3. The van der Waals surface area contributed by atoms with E-state index in [1.807, 2.05) is 41.8 Å². The number of aromatic hydroxyl groups is 1. The smallest absolute Gasteiger partial charge is 0.267 e. The third-order valence-electron chi connectivity index (χ3n) is 4.99. The highest BCUT2D eigenvalue weighted by Gasteiger charge is 2.21. The van der Waals surface area contributed by atoms with E-state index >= 15 is 0 Å². The predicted molar refractivity (Wildman–Crippen MR) is 119 cm³/mol. The zero-order valence-electron chi connectivity index (χ0n) is 16.7. The van der Waals surface area contributed by atoms with Crippen LogP contribution in [0.1, 0.15) is 24.6 Å². The van der Waals surface area contributed by atoms with Gasteiger partial charge in [0.25, 0.3) is 5.56 Å². The number of para-hydroxylation sites is 1. The Bertz CT molecular complexity index is 1250. The fraction of sp³-hybridized carbons (Fsp3) is 0.167. The van der Waals surface area contributed by atoms with Gasteiger partial charge in [-0.25, -0.2) is 9.37 Å². The van der Waals surface area contributed by atoms with E-state index in [1.54, 1.807) is 13.0 Å². The normalized spacial score (nSPS) is 11.0. The number of hydrogen-bond donors (Lipinski definition) is 1. The van der Waals surface area contributed by atoms with E-state index in [1.165, 1.54) is 33.6 Å². The van der Waals surface area contributed by atoms with Crippen molar-refractivity contribution >= 4 is 11.3 Å². The molecule has 0 aliphatic carbocycles. The summed E-state index contributed by atoms with van der Waals surface area (Å²) in [5.74, 6) is -1.08. The molecule has 152 valence electrons. The van der Waals surface area contributed by atoms with E-state index in [2.05, 4.69) is 11.9 Å². The van der Waals surface area contributed by atoms with Crippen molar-refractivity contribution in [2.75, 3.05) is 0 Å². The molecule has 0 aliphatic heterocycles. The number of rotatable bonds is 5. The van der Waals surface area contributed by atoms with Crippen LogP contribution in [0.3, 0.4) is 0 Å². The monoisotopic (exact) mass is 420 g/mol. The molecule has 2 aromatic carbocycles. The number of hydrogen-bond acceptors (Lipinski definition) is 4. The number of phenolic OH excluding ortho intramolecular Hbond substituents is 1. The predicted octanol–water partition coefficient (Wildman–Crippen LogP) is 5.73. The van der Waals surface area contributed by atoms with Gasteiger partial charge in [0.1, 0.15) is 0 Å². The Morgan fingerprint density at radius 2 is 1.87 bits per heavy atom. The molecule has 2 heterocycles. The molecule has 4 nitrogen and oxygen atoms in total. The summed E-state index contributed by atoms with van der Waals surface area (Å²) in [5, 5.41) is 12.3. The zero-order valence-corrected chi connectivity index (χ0v) is 17.5. The van der Waals surface area contributed by atoms with Gasteiger partial charge in [-0.3, -0.25) is 9.36 Å². The second-order valence-electron chi connectivity index (χ2n) is 7.07. The van der Waals surface area contributed by atoms with Gasteiger partial charge in [-0.15, -0.1) is 11.3 Å². The second-order valence-corrected chi connectivity index (χ2v) is 8.01. The molecule has 6 heteroatoms. The van der Waals surface area contributed by atoms with Crippen LogP contribution in [-0.4, -0.2) is 14.7 Å². The van der Waals surface area contributed by atoms with Gasteiger partial charge < -0.3 is 5.11 Å². The Hall–Kier alpha value is -3.25. The van der Waals surface area contributed by atoms with Crippen molar-refractivity contribution in [3.63, 3.8) is 0 Å². The van der Waals surface area contributed by atoms with Crippen LogP contribution >= 0.6 is 11.3 Å². The maximum Gasteiger partial charge on any atom is 0.267 e. The van der Waals surface area contributed by atoms with Crippen molar-refractivity contribution in [2.45, 2.75) is 26.7 Å². The highest BCUT2D eigenvalue weighted by molar-refractivity contribution is 7.13. The van der Waals surface area contributed by atoms with E-state index in [9.17, 15) is 14.3 Å². The zero-order chi connectivity index (χ0) is 21.3. The van der Waals surface area contributed by atoms with Crippen molar-refractivity contribution in [2.24, 2.45) is 0 Å². The fourth-order valence-corrected chi connectivity index (χ4v) is 4.36. The molecule has 4 aromatic rings. The number of benzene rings is 2. The first kappa shape index (κ1) is 20.0. The van der Waals surface area contributed by atoms with Crippen LogP contribution in [0.5, 0.6) is 5.75 Å². The van der Waals surface area contributed by atoms with Crippen LogP contribution in [0.4, 0.5) is 4.39 Å². The van der Waals surface area contributed by atoms with Crippen LogP contribution in [0.25, 0.3) is 27.5 Å². The number of nitrogens with zero attached hydrogens (tertiary/aromatic N) is 2. The summed E-state index contributed by atoms with van der Waals surface area (Å²) in [4.78, 5) is 19.1. The molecule has 4 rings (SSSR count). The molecule has 0 bridgehead atoms. The lowest BCUT2D eigenvalue weighted by molar-refractivity contribution is 0.434. The Morgan fingerprint density at radius 3 is 2.53 bits per heavy atom. The van der Waals surface area contributed by atoms with Crippen LogP contribution < -0.4 is 5.56 Å². The van der Waals surface area contributed by atoms with Gasteiger partial charge in [-0.2, -0.15) is 0 Å². The molecule has 0 spiro atoms. The molecule has 0 saturated carbocycles. The lowest BCUT2D eigenvalue weighted by atomic mass is 10.1. The fourth-order valence-electron chi connectivity index (χ4n) is 3.55. The summed E-state index contributed by atoms with van der Waals surface area (Å²) in [6, 6.07) is 15.7. The van der Waals surface area contributed by atoms with Crippen molar-refractivity contribution in [1.82, 2.24) is 9.55 Å². The van der Waals surface area contributed by atoms with Crippen molar-refractivity contribution in [3.05, 3.63) is 87.4 Å². The maximum atomic E-state index is 14.1. The minimum Gasteiger partial charge on any atom is -0.504 e. The van der Waals surface area contributed by atoms with Gasteiger partial charge in [0, 0.05) is 4.88 Å². The van der Waals surface area contributed by atoms with Crippen LogP contribution in [-0.2, 0) is 6.42 Å². The Morgan fingerprint density at radius 1 is 1.10 bits per heavy atom. The highest BCUT2D eigenvalue weighted by atomic mass is 32.1. The molecule has 2 aromatic heterocycles. The topological polar surface area (TPSA) is 55.1 Å². The maximum absolute atomic E-state index is 14.1. The lowest BCUT2D eigenvalue weighted by Crippen LogP contribution is -2.24. The average Bonchev–Trinajstić information content (AvgIpc) is 3.25. The minimum absolute atomic E-state index is 0.172. The molecule has 0 radical (unpaired) electrons. The molecule has 0 amide bonds. The van der Waals surface area contributed by atoms with Gasteiger partial charge in [-0.1, -0.05) is 37.6 Å². The average molecular weight is 421 g/mol. The Kier molecular flexibility index (Phi) is 5.50. The van der Waals surface area contributed by atoms with Crippen molar-refractivity contribution in [3.8, 4) is 33.3 Å². The van der Waals surface area contributed by atoms with E-state index < -0.39 is 11.6 Å². The number of halogens is 1. The second kappa shape index (κ2) is 8.24. The third kappa shape index (κ3) is 3.55. The number of thiophene rings is 1. The molecule has 30 heavy (non-hydrogen) atoms. The Balaban J connectivity index is 2.03. The Labute approximate surface area is 177 Å². The highest BCUT2D eigenvalue weighted by Crippen LogP contribution is 2.33. The van der Waals surface area contributed by atoms with E-state index in [0.29, 0.717) is 16.9 Å². The summed E-state index contributed by atoms with van der Waals surface area (Å²) >= 11 is 1.46. The van der Waals surface area contributed by atoms with E-state index in [4.69, 9.17) is 0 Å². The number of phenols is 1. The number of aryl methyl sites for hydroxylation is 2. The first-order chi connectivity index (χ1) is 14.5. The molecule has 0 saturated heterocycles. The van der Waals surface area contributed by atoms with Crippen LogP contribution in [0, 0.1) is 12.7 Å². The minimum atomic E-state index is -0.758. The van der Waals surface area contributed by atoms with Gasteiger partial charge in [0.15, 0.2) is 17.4 Å². The molecule has 0 aliphatic rings. The SMILES string of the molecule is CCCc1ccc(-n2c(-c3cccc(F)c3O)nc(C)c(-c3cccs3)c2=O)cc1. The van der Waals surface area contributed by atoms with E-state index in [0.717, 1.165) is 17.7 Å². The molecular weight excluding hydrogens is 399 g/mol. The molecule has 0 fully saturated rings. The molecule has 0 atom stereocenters. The summed E-state index contributed by atoms with van der Waals surface area (Å²) in [7, 11) is 0. The van der Waals surface area contributed by atoms with Gasteiger partial charge in [0.05, 0.1) is 22.5 Å². The molecule has 0 unspecified atom stereocenters. The summed E-state index contributed by atoms with van der Waals surface area (Å²) in [5.41, 5.74) is 2.73. The molecule has 1 N–H and O–H groups in total. The van der Waals surface area contributed by atoms with E-state index in [-0.39, 0.29) is 16.9 Å². The molecular formula is C24H21FN2O2S. The first-order valence-electron chi connectivity index (χ1n) is 9.76. The van der Waals surface area contributed by atoms with Crippen LogP contribution in [0.2, 0.25) is 0 Å². The third-order valence-corrected chi connectivity index (χ3v) is 5.88. The summed E-state index contributed by atoms with van der Waals surface area (Å²) in [6.07, 6.45) is 1.97. The first-order valence-corrected chi connectivity index (χ1v) is 10.6. The van der Waals surface area contributed by atoms with Gasteiger partial charge in [-0.05, 0) is 54.6 Å². The largest absolute Gasteiger partial charge is 0.504 e. The summed E-state index contributed by atoms with van der Waals surface area (Å²) < 4.78 is 15.5. The van der Waals surface area contributed by atoms with Crippen molar-refractivity contribution < 1.29 is 9.50 Å². The lowest BCUT2D eigenvalue weighted by Gasteiger charge is -2.17. The number of aromatic nitrogens is 2. The van der Waals surface area contributed by atoms with Gasteiger partial charge in [0.2, 0.25) is 0 Å². The summed E-state index contributed by atoms with van der Waals surface area (Å²) in [6.45, 7) is 3.87. The van der Waals surface area contributed by atoms with Crippen molar-refractivity contribution in [1.29, 1.82) is 0 Å². The quantitative estimate of drug-likeness (QED) is 0.448. The van der Waals surface area contributed by atoms with Crippen LogP contribution in [0.15, 0.2) is 64.8 Å². The van der Waals surface area contributed by atoms with Gasteiger partial charge >= 0.3 is 0 Å².